The maximum absolute atomic E-state index is 12.4. The molecule has 4 atom stereocenters. The smallest absolute Gasteiger partial charge is 0.326 e. The van der Waals surface area contributed by atoms with Crippen LogP contribution in [-0.2, 0) is 14.3 Å². The van der Waals surface area contributed by atoms with E-state index in [1.54, 1.807) is 4.90 Å². The maximum atomic E-state index is 12.4. The number of carboxylic acid groups (broad SMARTS) is 1. The molecule has 2 saturated carbocycles. The fraction of sp³-hybridized carbons (Fsp3) is 0.875. The molecule has 5 nitrogen and oxygen atoms in total. The zero-order chi connectivity index (χ0) is 15.6. The Morgan fingerprint density at radius 1 is 1.33 bits per heavy atom. The van der Waals surface area contributed by atoms with Gasteiger partial charge < -0.3 is 14.7 Å². The number of rotatable bonds is 5. The first-order chi connectivity index (χ1) is 9.66. The van der Waals surface area contributed by atoms with Crippen LogP contribution in [-0.4, -0.2) is 46.2 Å². The molecule has 0 spiro atoms. The van der Waals surface area contributed by atoms with Gasteiger partial charge in [0, 0.05) is 12.5 Å². The van der Waals surface area contributed by atoms with E-state index in [0.29, 0.717) is 12.5 Å². The molecule has 118 valence electrons. The largest absolute Gasteiger partial charge is 0.480 e. The van der Waals surface area contributed by atoms with Crippen LogP contribution in [0.2, 0.25) is 0 Å². The molecule has 0 bridgehead atoms. The van der Waals surface area contributed by atoms with Crippen molar-refractivity contribution in [3.63, 3.8) is 0 Å². The Kier molecular flexibility index (Phi) is 3.14. The Hall–Kier alpha value is -1.10. The minimum absolute atomic E-state index is 0.0545. The SMILES string of the molecule is C[C@H](CC(=O)N1C[C@H]2[C@@H]([C@H]1C(=O)O)C2(C)C)OC1(C)CC1. The maximum Gasteiger partial charge on any atom is 0.326 e. The summed E-state index contributed by atoms with van der Waals surface area (Å²) >= 11 is 0. The normalized spacial score (nSPS) is 36.0. The number of likely N-dealkylation sites (tertiary alicyclic amines) is 1. The first-order valence-electron chi connectivity index (χ1n) is 7.86. The zero-order valence-corrected chi connectivity index (χ0v) is 13.3. The van der Waals surface area contributed by atoms with Crippen LogP contribution < -0.4 is 0 Å². The topological polar surface area (TPSA) is 66.8 Å². The highest BCUT2D eigenvalue weighted by molar-refractivity contribution is 5.86. The minimum Gasteiger partial charge on any atom is -0.480 e. The molecule has 0 radical (unpaired) electrons. The molecule has 1 amide bonds. The zero-order valence-electron chi connectivity index (χ0n) is 13.3. The van der Waals surface area contributed by atoms with E-state index in [-0.39, 0.29) is 35.4 Å². The van der Waals surface area contributed by atoms with Gasteiger partial charge in [-0.1, -0.05) is 13.8 Å². The van der Waals surface area contributed by atoms with Gasteiger partial charge in [0.15, 0.2) is 0 Å². The Balaban J connectivity index is 1.61. The Labute approximate surface area is 125 Å². The van der Waals surface area contributed by atoms with E-state index in [9.17, 15) is 14.7 Å². The van der Waals surface area contributed by atoms with Gasteiger partial charge in [0.05, 0.1) is 18.1 Å². The summed E-state index contributed by atoms with van der Waals surface area (Å²) < 4.78 is 5.86. The lowest BCUT2D eigenvalue weighted by molar-refractivity contribution is -0.151. The number of hydrogen-bond acceptors (Lipinski definition) is 3. The molecule has 1 N–H and O–H groups in total. The van der Waals surface area contributed by atoms with Gasteiger partial charge in [-0.2, -0.15) is 0 Å². The number of fused-ring (bicyclic) bond motifs is 1. The summed E-state index contributed by atoms with van der Waals surface area (Å²) in [6.07, 6.45) is 2.22. The van der Waals surface area contributed by atoms with Crippen molar-refractivity contribution in [3.8, 4) is 0 Å². The molecule has 0 unspecified atom stereocenters. The Morgan fingerprint density at radius 2 is 1.95 bits per heavy atom. The molecular weight excluding hydrogens is 270 g/mol. The monoisotopic (exact) mass is 295 g/mol. The van der Waals surface area contributed by atoms with Gasteiger partial charge in [0.25, 0.3) is 0 Å². The second-order valence-corrected chi connectivity index (χ2v) is 7.87. The summed E-state index contributed by atoms with van der Waals surface area (Å²) in [6, 6.07) is -0.652. The van der Waals surface area contributed by atoms with Crippen molar-refractivity contribution >= 4 is 11.9 Å². The summed E-state index contributed by atoms with van der Waals surface area (Å²) in [7, 11) is 0. The highest BCUT2D eigenvalue weighted by Crippen LogP contribution is 2.64. The lowest BCUT2D eigenvalue weighted by Crippen LogP contribution is -2.46. The molecule has 3 fully saturated rings. The van der Waals surface area contributed by atoms with Crippen molar-refractivity contribution in [2.24, 2.45) is 17.3 Å². The second kappa shape index (κ2) is 4.45. The number of piperidine rings is 1. The first kappa shape index (κ1) is 14.8. The molecule has 3 rings (SSSR count). The molecule has 2 aliphatic carbocycles. The van der Waals surface area contributed by atoms with Crippen LogP contribution in [0.3, 0.4) is 0 Å². The number of nitrogens with zero attached hydrogens (tertiary/aromatic N) is 1. The van der Waals surface area contributed by atoms with Gasteiger partial charge >= 0.3 is 5.97 Å². The van der Waals surface area contributed by atoms with Crippen molar-refractivity contribution in [3.05, 3.63) is 0 Å². The number of carboxylic acids is 1. The molecule has 0 aromatic heterocycles. The molecule has 3 aliphatic rings. The quantitative estimate of drug-likeness (QED) is 0.841. The first-order valence-corrected chi connectivity index (χ1v) is 7.86. The predicted molar refractivity (Wildman–Crippen MR) is 76.7 cm³/mol. The molecule has 21 heavy (non-hydrogen) atoms. The van der Waals surface area contributed by atoms with Crippen LogP contribution in [0.25, 0.3) is 0 Å². The fourth-order valence-electron chi connectivity index (χ4n) is 4.01. The second-order valence-electron chi connectivity index (χ2n) is 7.87. The van der Waals surface area contributed by atoms with Crippen LogP contribution in [0.1, 0.15) is 47.0 Å². The number of carbonyl (C=O) groups excluding carboxylic acids is 1. The van der Waals surface area contributed by atoms with E-state index < -0.39 is 12.0 Å². The highest BCUT2D eigenvalue weighted by atomic mass is 16.5. The fourth-order valence-corrected chi connectivity index (χ4v) is 4.01. The van der Waals surface area contributed by atoms with E-state index in [2.05, 4.69) is 20.8 Å². The summed E-state index contributed by atoms with van der Waals surface area (Å²) in [6.45, 7) is 8.73. The lowest BCUT2D eigenvalue weighted by Gasteiger charge is -2.29. The molecule has 0 aromatic rings. The summed E-state index contributed by atoms with van der Waals surface area (Å²) in [5.74, 6) is -0.512. The van der Waals surface area contributed by atoms with Crippen molar-refractivity contribution in [1.29, 1.82) is 0 Å². The molecule has 1 heterocycles. The standard InChI is InChI=1S/C16H25NO4/c1-9(21-16(4)5-6-16)7-11(18)17-8-10-12(15(10,2)3)13(17)14(19)20/h9-10,12-13H,5-8H2,1-4H3,(H,19,20)/t9-,10+,12+,13+/m1/s1. The average Bonchev–Trinajstić information content (AvgIpc) is 3.10. The Morgan fingerprint density at radius 3 is 2.48 bits per heavy atom. The number of hydrogen-bond donors (Lipinski definition) is 1. The van der Waals surface area contributed by atoms with E-state index >= 15 is 0 Å². The van der Waals surface area contributed by atoms with Crippen molar-refractivity contribution < 1.29 is 19.4 Å². The van der Waals surface area contributed by atoms with Crippen LogP contribution in [0.5, 0.6) is 0 Å². The van der Waals surface area contributed by atoms with Crippen LogP contribution in [0.4, 0.5) is 0 Å². The number of ether oxygens (including phenoxy) is 1. The van der Waals surface area contributed by atoms with E-state index in [1.807, 2.05) is 6.92 Å². The third-order valence-corrected chi connectivity index (χ3v) is 5.68. The lowest BCUT2D eigenvalue weighted by atomic mass is 10.0. The van der Waals surface area contributed by atoms with Gasteiger partial charge in [-0.15, -0.1) is 0 Å². The van der Waals surface area contributed by atoms with Gasteiger partial charge in [-0.05, 0) is 38.0 Å². The third kappa shape index (κ3) is 2.45. The van der Waals surface area contributed by atoms with Crippen molar-refractivity contribution in [1.82, 2.24) is 4.90 Å². The molecule has 0 aromatic carbocycles. The molecule has 1 saturated heterocycles. The molecule has 1 aliphatic heterocycles. The van der Waals surface area contributed by atoms with Gasteiger partial charge in [-0.25, -0.2) is 4.79 Å². The van der Waals surface area contributed by atoms with Gasteiger partial charge in [-0.3, -0.25) is 4.79 Å². The molecule has 5 heteroatoms. The number of carbonyl (C=O) groups is 2. The van der Waals surface area contributed by atoms with E-state index in [0.717, 1.165) is 12.8 Å². The van der Waals surface area contributed by atoms with Crippen LogP contribution >= 0.6 is 0 Å². The van der Waals surface area contributed by atoms with E-state index in [1.165, 1.54) is 0 Å². The van der Waals surface area contributed by atoms with Crippen molar-refractivity contribution in [2.45, 2.75) is 64.7 Å². The van der Waals surface area contributed by atoms with Gasteiger partial charge in [0.2, 0.25) is 5.91 Å². The van der Waals surface area contributed by atoms with Crippen LogP contribution in [0, 0.1) is 17.3 Å². The number of aliphatic carboxylic acids is 1. The Bertz CT molecular complexity index is 483. The highest BCUT2D eigenvalue weighted by Gasteiger charge is 2.69. The van der Waals surface area contributed by atoms with Crippen molar-refractivity contribution in [2.75, 3.05) is 6.54 Å². The third-order valence-electron chi connectivity index (χ3n) is 5.68. The summed E-state index contributed by atoms with van der Waals surface area (Å²) in [4.78, 5) is 25.5. The predicted octanol–water partition coefficient (Wildman–Crippen LogP) is 1.90. The van der Waals surface area contributed by atoms with Crippen LogP contribution in [0.15, 0.2) is 0 Å². The molecular formula is C16H25NO4. The van der Waals surface area contributed by atoms with E-state index in [4.69, 9.17) is 4.74 Å². The van der Waals surface area contributed by atoms with Gasteiger partial charge in [0.1, 0.15) is 6.04 Å². The number of amides is 1. The minimum atomic E-state index is -0.871. The average molecular weight is 295 g/mol. The summed E-state index contributed by atoms with van der Waals surface area (Å²) in [5, 5.41) is 9.47. The summed E-state index contributed by atoms with van der Waals surface area (Å²) in [5.41, 5.74) is 0.00444.